The van der Waals surface area contributed by atoms with Crippen LogP contribution in [0.2, 0.25) is 10.0 Å². The molecule has 5 aromatic rings. The number of aromatic nitrogens is 5. The fourth-order valence-corrected chi connectivity index (χ4v) is 5.13. The van der Waals surface area contributed by atoms with Gasteiger partial charge in [-0.2, -0.15) is 4.98 Å². The number of anilines is 3. The van der Waals surface area contributed by atoms with Crippen molar-refractivity contribution in [2.75, 3.05) is 43.4 Å². The van der Waals surface area contributed by atoms with Crippen molar-refractivity contribution in [2.45, 2.75) is 0 Å². The van der Waals surface area contributed by atoms with E-state index < -0.39 is 11.4 Å². The molecular weight excluding hydrogens is 518 g/mol. The molecular formula is C25H21Cl2FN8O. The second-order valence-corrected chi connectivity index (χ2v) is 9.66. The van der Waals surface area contributed by atoms with Crippen molar-refractivity contribution >= 4 is 57.3 Å². The quantitative estimate of drug-likeness (QED) is 0.363. The number of fused-ring (bicyclic) bond motifs is 3. The minimum Gasteiger partial charge on any atom is -0.369 e. The van der Waals surface area contributed by atoms with E-state index in [2.05, 4.69) is 49.2 Å². The molecule has 4 heterocycles. The van der Waals surface area contributed by atoms with E-state index in [0.717, 1.165) is 49.7 Å². The Morgan fingerprint density at radius 2 is 1.70 bits per heavy atom. The summed E-state index contributed by atoms with van der Waals surface area (Å²) < 4.78 is 16.6. The lowest BCUT2D eigenvalue weighted by Crippen LogP contribution is -2.44. The molecule has 2 aromatic carbocycles. The van der Waals surface area contributed by atoms with Crippen LogP contribution < -0.4 is 15.8 Å². The second kappa shape index (κ2) is 9.29. The monoisotopic (exact) mass is 538 g/mol. The van der Waals surface area contributed by atoms with Crippen LogP contribution in [0.4, 0.5) is 21.7 Å². The summed E-state index contributed by atoms with van der Waals surface area (Å²) in [7, 11) is 2.13. The first kappa shape index (κ1) is 23.7. The van der Waals surface area contributed by atoms with Crippen molar-refractivity contribution < 1.29 is 4.39 Å². The Hall–Kier alpha value is -3.73. The summed E-state index contributed by atoms with van der Waals surface area (Å²) in [6, 6.07) is 10.3. The van der Waals surface area contributed by atoms with Crippen molar-refractivity contribution in [3.63, 3.8) is 0 Å². The lowest BCUT2D eigenvalue weighted by atomic mass is 10.2. The summed E-state index contributed by atoms with van der Waals surface area (Å²) >= 11 is 12.5. The maximum atomic E-state index is 13.8. The van der Waals surface area contributed by atoms with Gasteiger partial charge >= 0.3 is 0 Å². The predicted octanol–water partition coefficient (Wildman–Crippen LogP) is 4.37. The molecule has 0 bridgehead atoms. The fourth-order valence-electron chi connectivity index (χ4n) is 4.50. The van der Waals surface area contributed by atoms with Crippen LogP contribution in [0.5, 0.6) is 0 Å². The zero-order valence-electron chi connectivity index (χ0n) is 19.7. The van der Waals surface area contributed by atoms with Crippen molar-refractivity contribution in [2.24, 2.45) is 0 Å². The molecule has 188 valence electrons. The number of benzene rings is 2. The van der Waals surface area contributed by atoms with Gasteiger partial charge in [0.25, 0.3) is 5.56 Å². The Kier molecular flexibility index (Phi) is 5.94. The fraction of sp³-hybridized carbons (Fsp3) is 0.200. The van der Waals surface area contributed by atoms with E-state index in [1.54, 1.807) is 10.6 Å². The molecule has 0 amide bonds. The Morgan fingerprint density at radius 1 is 1.00 bits per heavy atom. The molecule has 1 aliphatic rings. The molecule has 3 aromatic heterocycles. The molecule has 0 unspecified atom stereocenters. The molecule has 37 heavy (non-hydrogen) atoms. The third kappa shape index (κ3) is 4.26. The molecule has 12 heteroatoms. The Balaban J connectivity index is 1.37. The Morgan fingerprint density at radius 3 is 2.41 bits per heavy atom. The first-order valence-corrected chi connectivity index (χ1v) is 12.3. The molecule has 9 nitrogen and oxygen atoms in total. The number of rotatable bonds is 4. The summed E-state index contributed by atoms with van der Waals surface area (Å²) in [6.07, 6.45) is 4.63. The summed E-state index contributed by atoms with van der Waals surface area (Å²) in [5, 5.41) is 3.39. The van der Waals surface area contributed by atoms with Gasteiger partial charge in [0.15, 0.2) is 5.65 Å². The van der Waals surface area contributed by atoms with Crippen molar-refractivity contribution in [3.05, 3.63) is 81.2 Å². The molecule has 0 atom stereocenters. The van der Waals surface area contributed by atoms with Gasteiger partial charge in [-0.05, 0) is 43.4 Å². The van der Waals surface area contributed by atoms with Crippen LogP contribution in [-0.2, 0) is 0 Å². The standard InChI is InChI=1S/C25H21Cl2FN8O/c1-33-8-10-34(11-9-33)17-4-2-16(3-5-17)31-24-30-14-18-22(32-24)35-7-6-29-25(35)36(23(18)37)21-19(26)12-15(28)13-20(21)27/h2-7,12-14H,8-11H2,1H3,(H,30,31,32). The number of nitrogens with zero attached hydrogens (tertiary/aromatic N) is 7. The van der Waals surface area contributed by atoms with Gasteiger partial charge in [-0.1, -0.05) is 23.2 Å². The van der Waals surface area contributed by atoms with E-state index in [1.807, 2.05) is 12.1 Å². The lowest BCUT2D eigenvalue weighted by Gasteiger charge is -2.34. The molecule has 6 rings (SSSR count). The molecule has 1 fully saturated rings. The first-order chi connectivity index (χ1) is 17.9. The van der Waals surface area contributed by atoms with Gasteiger partial charge in [-0.3, -0.25) is 9.20 Å². The third-order valence-electron chi connectivity index (χ3n) is 6.45. The lowest BCUT2D eigenvalue weighted by molar-refractivity contribution is 0.313. The highest BCUT2D eigenvalue weighted by atomic mass is 35.5. The number of halogens is 3. The molecule has 0 radical (unpaired) electrons. The predicted molar refractivity (Wildman–Crippen MR) is 143 cm³/mol. The summed E-state index contributed by atoms with van der Waals surface area (Å²) in [5.41, 5.74) is 1.99. The van der Waals surface area contributed by atoms with Crippen LogP contribution in [0, 0.1) is 5.82 Å². The van der Waals surface area contributed by atoms with Crippen LogP contribution in [0.3, 0.4) is 0 Å². The largest absolute Gasteiger partial charge is 0.369 e. The molecule has 0 spiro atoms. The maximum Gasteiger partial charge on any atom is 0.270 e. The zero-order valence-corrected chi connectivity index (χ0v) is 21.2. The molecule has 0 aliphatic carbocycles. The van der Waals surface area contributed by atoms with Crippen molar-refractivity contribution in [3.8, 4) is 5.69 Å². The van der Waals surface area contributed by atoms with Crippen molar-refractivity contribution in [1.29, 1.82) is 0 Å². The number of likely N-dealkylation sites (N-methyl/N-ethyl adjacent to an activating group) is 1. The molecule has 1 N–H and O–H groups in total. The minimum absolute atomic E-state index is 0.0180. The number of piperazine rings is 1. The van der Waals surface area contributed by atoms with Crippen LogP contribution in [0.25, 0.3) is 22.5 Å². The van der Waals surface area contributed by atoms with Gasteiger partial charge in [0.05, 0.1) is 15.7 Å². The molecule has 1 aliphatic heterocycles. The van der Waals surface area contributed by atoms with Crippen LogP contribution in [0.15, 0.2) is 59.8 Å². The van der Waals surface area contributed by atoms with Crippen molar-refractivity contribution in [1.82, 2.24) is 28.8 Å². The number of nitrogens with one attached hydrogen (secondary N) is 1. The summed E-state index contributed by atoms with van der Waals surface area (Å²) in [6.45, 7) is 4.05. The highest BCUT2D eigenvalue weighted by molar-refractivity contribution is 6.37. The van der Waals surface area contributed by atoms with E-state index in [-0.39, 0.29) is 26.9 Å². The van der Waals surface area contributed by atoms with E-state index >= 15 is 0 Å². The number of imidazole rings is 1. The van der Waals surface area contributed by atoms with Gasteiger partial charge < -0.3 is 15.1 Å². The zero-order chi connectivity index (χ0) is 25.7. The maximum absolute atomic E-state index is 13.8. The Bertz CT molecular complexity index is 1670. The summed E-state index contributed by atoms with van der Waals surface area (Å²) in [5.74, 6) is -0.0542. The van der Waals surface area contributed by atoms with E-state index in [9.17, 15) is 9.18 Å². The second-order valence-electron chi connectivity index (χ2n) is 8.85. The van der Waals surface area contributed by atoms with Crippen LogP contribution in [-0.4, -0.2) is 62.0 Å². The highest BCUT2D eigenvalue weighted by Crippen LogP contribution is 2.30. The average Bonchev–Trinajstić information content (AvgIpc) is 3.36. The highest BCUT2D eigenvalue weighted by Gasteiger charge is 2.20. The van der Waals surface area contributed by atoms with E-state index in [4.69, 9.17) is 23.2 Å². The van der Waals surface area contributed by atoms with Gasteiger partial charge in [-0.15, -0.1) is 0 Å². The smallest absolute Gasteiger partial charge is 0.270 e. The van der Waals surface area contributed by atoms with E-state index in [0.29, 0.717) is 11.6 Å². The molecule has 0 saturated carbocycles. The third-order valence-corrected chi connectivity index (χ3v) is 7.02. The SMILES string of the molecule is CN1CCN(c2ccc(Nc3ncc4c(=O)n(-c5c(Cl)cc(F)cc5Cl)c5nccn5c4n3)cc2)CC1. The number of hydrogen-bond acceptors (Lipinski definition) is 7. The van der Waals surface area contributed by atoms with Gasteiger partial charge in [0, 0.05) is 56.1 Å². The van der Waals surface area contributed by atoms with Crippen LogP contribution >= 0.6 is 23.2 Å². The average molecular weight is 539 g/mol. The van der Waals surface area contributed by atoms with Gasteiger partial charge in [0.2, 0.25) is 11.7 Å². The number of hydrogen-bond donors (Lipinski definition) is 1. The van der Waals surface area contributed by atoms with Gasteiger partial charge in [-0.25, -0.2) is 18.9 Å². The first-order valence-electron chi connectivity index (χ1n) is 11.6. The normalized spacial score (nSPS) is 14.5. The topological polar surface area (TPSA) is 83.6 Å². The summed E-state index contributed by atoms with van der Waals surface area (Å²) in [4.78, 5) is 31.4. The minimum atomic E-state index is -0.609. The Labute approximate surface area is 220 Å². The molecule has 1 saturated heterocycles. The van der Waals surface area contributed by atoms with E-state index in [1.165, 1.54) is 17.0 Å². The van der Waals surface area contributed by atoms with Crippen LogP contribution in [0.1, 0.15) is 0 Å². The van der Waals surface area contributed by atoms with Gasteiger partial charge in [0.1, 0.15) is 11.2 Å².